The highest BCUT2D eigenvalue weighted by atomic mass is 16.5. The molecular weight excluding hydrogens is 492 g/mol. The Kier molecular flexibility index (Phi) is 3.05. The lowest BCUT2D eigenvalue weighted by molar-refractivity contribution is 0.0357. The minimum Gasteiger partial charge on any atom is -0.511 e. The predicted molar refractivity (Wildman–Crippen MR) is 139 cm³/mol. The van der Waals surface area contributed by atoms with Crippen LogP contribution in [0.3, 0.4) is 0 Å². The molecule has 0 saturated carbocycles. The Morgan fingerprint density at radius 3 is 1.95 bits per heavy atom. The van der Waals surface area contributed by atoms with E-state index in [1.54, 1.807) is 0 Å². The van der Waals surface area contributed by atoms with Crippen molar-refractivity contribution in [1.82, 2.24) is 0 Å². The fourth-order valence-electron chi connectivity index (χ4n) is 7.35. The van der Waals surface area contributed by atoms with Crippen molar-refractivity contribution in [3.8, 4) is 28.7 Å². The first kappa shape index (κ1) is 20.1. The van der Waals surface area contributed by atoms with Gasteiger partial charge in [-0.25, -0.2) is 0 Å². The molecule has 7 aromatic rings. The fraction of sp³-hybridized carbons (Fsp3) is 0.103. The zero-order chi connectivity index (χ0) is 26.1. The average molecular weight is 506 g/mol. The molecule has 9 rings (SSSR count). The second kappa shape index (κ2) is 5.76. The van der Waals surface area contributed by atoms with E-state index < -0.39 is 45.7 Å². The van der Waals surface area contributed by atoms with E-state index >= 15 is 0 Å². The molecule has 1 aliphatic heterocycles. The molecule has 6 N–H and O–H groups in total. The van der Waals surface area contributed by atoms with Gasteiger partial charge in [0.2, 0.25) is 0 Å². The fourth-order valence-corrected chi connectivity index (χ4v) is 7.35. The molecule has 1 heterocycles. The van der Waals surface area contributed by atoms with E-state index in [4.69, 9.17) is 4.74 Å². The van der Waals surface area contributed by atoms with Gasteiger partial charge in [-0.15, -0.1) is 0 Å². The molecular formula is C29H14O9. The van der Waals surface area contributed by atoms with E-state index in [1.807, 2.05) is 0 Å². The monoisotopic (exact) mass is 506 g/mol. The zero-order valence-corrected chi connectivity index (χ0v) is 19.1. The minimum absolute atomic E-state index is 0.00738. The van der Waals surface area contributed by atoms with Gasteiger partial charge < -0.3 is 35.4 Å². The van der Waals surface area contributed by atoms with Crippen LogP contribution in [-0.2, 0) is 11.3 Å². The summed E-state index contributed by atoms with van der Waals surface area (Å²) >= 11 is 0. The molecule has 9 heteroatoms. The number of phenols is 5. The first-order valence-corrected chi connectivity index (χ1v) is 11.9. The standard InChI is InChI=1S/C29H14O9/c30-7-1-6-5-38-13-4-12(35)20-25-21(13)14(6)22-17(7)28(36)18-10(33)2-8(31)15-16-9(32)3-11(34)19(29(20)37)24(16)27(25)26(22)23(15)18/h1-3,13,31,33-37H,4-5H2. The van der Waals surface area contributed by atoms with Crippen LogP contribution in [0.15, 0.2) is 27.8 Å². The minimum atomic E-state index is -0.660. The number of phenolic OH excluding ortho intramolecular Hbond substituents is 5. The maximum Gasteiger partial charge on any atom is 0.190 e. The van der Waals surface area contributed by atoms with Crippen LogP contribution >= 0.6 is 0 Å². The summed E-state index contributed by atoms with van der Waals surface area (Å²) in [6.07, 6.45) is -0.614. The summed E-state index contributed by atoms with van der Waals surface area (Å²) in [5, 5.41) is 69.1. The van der Waals surface area contributed by atoms with Gasteiger partial charge in [-0.1, -0.05) is 0 Å². The maximum atomic E-state index is 13.4. The number of benzene rings is 7. The molecule has 0 aromatic heterocycles. The van der Waals surface area contributed by atoms with E-state index in [2.05, 4.69) is 0 Å². The quantitative estimate of drug-likeness (QED) is 0.133. The van der Waals surface area contributed by atoms with Crippen molar-refractivity contribution in [3.05, 3.63) is 55.0 Å². The van der Waals surface area contributed by atoms with Crippen molar-refractivity contribution in [1.29, 1.82) is 0 Å². The summed E-state index contributed by atoms with van der Waals surface area (Å²) in [4.78, 5) is 26.8. The first-order chi connectivity index (χ1) is 18.2. The number of fused-ring (bicyclic) bond motifs is 1. The van der Waals surface area contributed by atoms with Crippen LogP contribution in [0, 0.1) is 0 Å². The zero-order valence-electron chi connectivity index (χ0n) is 19.1. The Hall–Kier alpha value is -5.02. The summed E-state index contributed by atoms with van der Waals surface area (Å²) in [5.41, 5.74) is -0.00982. The van der Waals surface area contributed by atoms with Crippen molar-refractivity contribution in [2.45, 2.75) is 19.1 Å². The van der Waals surface area contributed by atoms with E-state index in [1.165, 1.54) is 6.07 Å². The number of aliphatic hydroxyl groups is 1. The summed E-state index contributed by atoms with van der Waals surface area (Å²) in [5.74, 6) is -2.52. The third-order valence-corrected chi connectivity index (χ3v) is 8.59. The number of aliphatic hydroxyl groups excluding tert-OH is 1. The van der Waals surface area contributed by atoms with Crippen LogP contribution in [0.2, 0.25) is 0 Å². The van der Waals surface area contributed by atoms with Crippen LogP contribution in [0.4, 0.5) is 0 Å². The molecule has 9 nitrogen and oxygen atoms in total. The lowest BCUT2D eigenvalue weighted by atomic mass is 9.75. The van der Waals surface area contributed by atoms with E-state index in [9.17, 15) is 40.2 Å². The van der Waals surface area contributed by atoms with Crippen molar-refractivity contribution >= 4 is 70.4 Å². The molecule has 1 unspecified atom stereocenters. The molecule has 0 fully saturated rings. The number of hydrogen-bond acceptors (Lipinski definition) is 9. The van der Waals surface area contributed by atoms with Crippen LogP contribution in [-0.4, -0.2) is 30.6 Å². The molecule has 0 saturated heterocycles. The van der Waals surface area contributed by atoms with Crippen LogP contribution in [0.1, 0.15) is 23.7 Å². The number of rotatable bonds is 0. The molecule has 38 heavy (non-hydrogen) atoms. The van der Waals surface area contributed by atoms with Gasteiger partial charge in [0.25, 0.3) is 0 Å². The highest BCUT2D eigenvalue weighted by molar-refractivity contribution is 6.47. The molecule has 1 atom stereocenters. The van der Waals surface area contributed by atoms with E-state index in [0.29, 0.717) is 38.1 Å². The van der Waals surface area contributed by atoms with Crippen LogP contribution < -0.4 is 16.1 Å². The topological polar surface area (TPSA) is 165 Å². The molecule has 184 valence electrons. The third kappa shape index (κ3) is 1.81. The molecule has 0 radical (unpaired) electrons. The van der Waals surface area contributed by atoms with E-state index in [0.717, 1.165) is 12.1 Å². The molecule has 0 bridgehead atoms. The Labute approximate surface area is 208 Å². The van der Waals surface area contributed by atoms with Crippen molar-refractivity contribution in [2.24, 2.45) is 0 Å². The smallest absolute Gasteiger partial charge is 0.190 e. The molecule has 1 aliphatic carbocycles. The van der Waals surface area contributed by atoms with E-state index in [-0.39, 0.29) is 61.7 Å². The Bertz CT molecular complexity index is 2480. The second-order valence-electron chi connectivity index (χ2n) is 10.3. The Morgan fingerprint density at radius 2 is 1.16 bits per heavy atom. The SMILES string of the molecule is O=c1cc2c3c4c5c(c(O)c6c(O)cc(=O)c7c8c(O)cc(O)c9c(O)c1c3c(c98)c5c67)=C(O)CC4OC2. The Morgan fingerprint density at radius 1 is 0.579 bits per heavy atom. The molecule has 0 amide bonds. The number of ether oxygens (including phenoxy) is 1. The van der Waals surface area contributed by atoms with Gasteiger partial charge in [-0.3, -0.25) is 9.59 Å². The van der Waals surface area contributed by atoms with Gasteiger partial charge in [0.05, 0.1) is 34.1 Å². The van der Waals surface area contributed by atoms with Crippen LogP contribution in [0.25, 0.3) is 70.4 Å². The van der Waals surface area contributed by atoms with Gasteiger partial charge >= 0.3 is 0 Å². The summed E-state index contributed by atoms with van der Waals surface area (Å²) in [6, 6.07) is 3.28. The van der Waals surface area contributed by atoms with Gasteiger partial charge in [0.1, 0.15) is 34.5 Å². The summed E-state index contributed by atoms with van der Waals surface area (Å²) < 4.78 is 6.04. The molecule has 2 aliphatic rings. The highest BCUT2D eigenvalue weighted by Gasteiger charge is 2.38. The maximum absolute atomic E-state index is 13.4. The largest absolute Gasteiger partial charge is 0.511 e. The van der Waals surface area contributed by atoms with Crippen molar-refractivity contribution < 1.29 is 35.4 Å². The summed E-state index contributed by atoms with van der Waals surface area (Å²) in [6.45, 7) is 0.0688. The van der Waals surface area contributed by atoms with Gasteiger partial charge in [0, 0.05) is 61.6 Å². The Balaban J connectivity index is 1.89. The number of aromatic hydroxyl groups is 5. The van der Waals surface area contributed by atoms with Gasteiger partial charge in [-0.2, -0.15) is 0 Å². The van der Waals surface area contributed by atoms with Gasteiger partial charge in [0.15, 0.2) is 10.9 Å². The third-order valence-electron chi connectivity index (χ3n) is 8.59. The predicted octanol–water partition coefficient (Wildman–Crippen LogP) is 3.53. The normalized spacial score (nSPS) is 17.2. The van der Waals surface area contributed by atoms with Crippen molar-refractivity contribution in [3.63, 3.8) is 0 Å². The first-order valence-electron chi connectivity index (χ1n) is 11.9. The molecule has 7 aromatic carbocycles. The van der Waals surface area contributed by atoms with Crippen molar-refractivity contribution in [2.75, 3.05) is 0 Å². The average Bonchev–Trinajstić information content (AvgIpc) is 2.85. The molecule has 0 spiro atoms. The van der Waals surface area contributed by atoms with Crippen LogP contribution in [0.5, 0.6) is 28.7 Å². The highest BCUT2D eigenvalue weighted by Crippen LogP contribution is 2.58. The second-order valence-corrected chi connectivity index (χ2v) is 10.3. The number of hydrogen-bond donors (Lipinski definition) is 6. The lowest BCUT2D eigenvalue weighted by Crippen LogP contribution is -2.25. The summed E-state index contributed by atoms with van der Waals surface area (Å²) in [7, 11) is 0. The lowest BCUT2D eigenvalue weighted by Gasteiger charge is -2.33. The van der Waals surface area contributed by atoms with Gasteiger partial charge in [-0.05, 0) is 22.6 Å².